The van der Waals surface area contributed by atoms with E-state index in [9.17, 15) is 30.0 Å². The van der Waals surface area contributed by atoms with Gasteiger partial charge in [-0.25, -0.2) is 8.42 Å². The summed E-state index contributed by atoms with van der Waals surface area (Å²) in [6, 6.07) is 0. The Morgan fingerprint density at radius 3 is 1.88 bits per heavy atom. The smallest absolute Gasteiger partial charge is 1.00 e. The molecule has 1 N–H and O–H groups in total. The molecule has 0 rings (SSSR count). The fourth-order valence-corrected chi connectivity index (χ4v) is 2.76. The molecule has 0 unspecified atom stereocenters. The number of alkyl halides is 3. The average Bonchev–Trinajstić information content (AvgIpc) is 1.98. The second-order valence-electron chi connectivity index (χ2n) is 2.45. The topological polar surface area (TPSA) is 83.6 Å². The normalized spacial score (nSPS) is 13.6. The molecule has 12 heteroatoms. The summed E-state index contributed by atoms with van der Waals surface area (Å²) in [7, 11) is -9.63. The molecule has 0 fully saturated rings. The van der Waals surface area contributed by atoms with Crippen LogP contribution in [0.25, 0.3) is 0 Å². The van der Waals surface area contributed by atoms with E-state index in [0.717, 1.165) is 7.05 Å². The molecule has 0 aliphatic rings. The number of halogens is 3. The minimum absolute atomic E-state index is 0. The van der Waals surface area contributed by atoms with E-state index in [-0.39, 0.29) is 26.8 Å². The van der Waals surface area contributed by atoms with E-state index in [1.807, 2.05) is 0 Å². The molecule has 0 saturated heterocycles. The van der Waals surface area contributed by atoms with Gasteiger partial charge in [0.05, 0.1) is 0 Å². The fraction of sp³-hybridized carbons (Fsp3) is 1.00. The maximum atomic E-state index is 11.8. The number of nitrogens with one attached hydrogen (secondary N) is 1. The zero-order chi connectivity index (χ0) is 12.5. The zero-order valence-corrected chi connectivity index (χ0v) is 10.4. The molecule has 0 aromatic rings. The Kier molecular flexibility index (Phi) is 6.61. The van der Waals surface area contributed by atoms with Crippen LogP contribution < -0.4 is 23.0 Å². The largest absolute Gasteiger partial charge is 1.00 e. The van der Waals surface area contributed by atoms with Crippen LogP contribution >= 0.6 is 0 Å². The maximum Gasteiger partial charge on any atom is 1.00 e. The second-order valence-corrected chi connectivity index (χ2v) is 6.16. The molecule has 16 heavy (non-hydrogen) atoms. The van der Waals surface area contributed by atoms with Crippen molar-refractivity contribution in [2.45, 2.75) is 12.4 Å². The van der Waals surface area contributed by atoms with Crippen molar-refractivity contribution in [3.63, 3.8) is 0 Å². The van der Waals surface area contributed by atoms with Gasteiger partial charge in [0.25, 0.3) is 10.2 Å². The Hall–Kier alpha value is 0.207. The summed E-state index contributed by atoms with van der Waals surface area (Å²) in [6.07, 6.45) is 0. The monoisotopic (exact) mass is 278 g/mol. The first-order valence-electron chi connectivity index (χ1n) is 3.50. The van der Waals surface area contributed by atoms with E-state index < -0.39 is 25.7 Å². The van der Waals surface area contributed by atoms with Crippen molar-refractivity contribution in [3.8, 4) is 0 Å². The Bertz CT molecular complexity index is 423. The van der Waals surface area contributed by atoms with Crippen molar-refractivity contribution >= 4 is 20.2 Å². The summed E-state index contributed by atoms with van der Waals surface area (Å²) >= 11 is 0. The van der Waals surface area contributed by atoms with Gasteiger partial charge < -0.3 is 1.43 Å². The minimum atomic E-state index is -5.89. The molecule has 0 atom stereocenters. The molecule has 0 bridgehead atoms. The fourth-order valence-electron chi connectivity index (χ4n) is 0.419. The third kappa shape index (κ3) is 4.60. The van der Waals surface area contributed by atoms with Gasteiger partial charge in [0.15, 0.2) is 0 Å². The van der Waals surface area contributed by atoms with Crippen molar-refractivity contribution in [1.29, 1.82) is 0 Å². The Balaban J connectivity index is -0.000000980. The minimum Gasteiger partial charge on any atom is -1.00 e. The number of rotatable bonds is 4. The van der Waals surface area contributed by atoms with Gasteiger partial charge in [0.2, 0.25) is 0 Å². The average molecular weight is 278 g/mol. The van der Waals surface area contributed by atoms with Gasteiger partial charge in [0.1, 0.15) is 0 Å². The molecular weight excluding hydrogens is 268 g/mol. The van der Waals surface area contributed by atoms with Gasteiger partial charge in [-0.1, -0.05) is 11.1 Å². The number of hydrogen-bond donors (Lipinski definition) is 1. The standard InChI is InChI=1S/C4H9F3N2O4S2.Li.H/c1-3-9(2)15(12,13)8-14(10,11)4(5,6)7;;/h8H,3H2,1-2H3;;/q;+1;-1. The van der Waals surface area contributed by atoms with Crippen LogP contribution in [0.5, 0.6) is 0 Å². The molecule has 6 nitrogen and oxygen atoms in total. The molecule has 0 spiro atoms. The molecule has 0 aromatic heterocycles. The molecule has 0 aromatic carbocycles. The van der Waals surface area contributed by atoms with Gasteiger partial charge in [-0.05, 0) is 0 Å². The summed E-state index contributed by atoms with van der Waals surface area (Å²) in [5.41, 5.74) is -5.66. The van der Waals surface area contributed by atoms with E-state index in [1.54, 1.807) is 0 Å². The van der Waals surface area contributed by atoms with Crippen LogP contribution in [0.3, 0.4) is 0 Å². The van der Waals surface area contributed by atoms with Gasteiger partial charge in [-0.2, -0.15) is 25.9 Å². The van der Waals surface area contributed by atoms with Crippen LogP contribution in [-0.2, 0) is 20.2 Å². The summed E-state index contributed by atoms with van der Waals surface area (Å²) in [5, 5.41) is 0. The van der Waals surface area contributed by atoms with Gasteiger partial charge in [0, 0.05) is 13.6 Å². The van der Waals surface area contributed by atoms with Crippen molar-refractivity contribution < 1.29 is 50.3 Å². The van der Waals surface area contributed by atoms with E-state index in [4.69, 9.17) is 0 Å². The van der Waals surface area contributed by atoms with E-state index in [0.29, 0.717) is 8.43 Å². The number of sulfonamides is 1. The molecule has 0 aliphatic carbocycles. The van der Waals surface area contributed by atoms with Gasteiger partial charge in [-0.3, -0.25) is 0 Å². The molecule has 0 saturated carbocycles. The number of nitrogens with zero attached hydrogens (tertiary/aromatic N) is 1. The van der Waals surface area contributed by atoms with Gasteiger partial charge in [-0.15, -0.1) is 0 Å². The summed E-state index contributed by atoms with van der Waals surface area (Å²) in [4.78, 5) is 0. The van der Waals surface area contributed by atoms with Crippen LogP contribution in [0.1, 0.15) is 8.35 Å². The third-order valence-electron chi connectivity index (χ3n) is 1.38. The first kappa shape index (κ1) is 18.6. The van der Waals surface area contributed by atoms with Crippen LogP contribution in [0.4, 0.5) is 13.2 Å². The zero-order valence-electron chi connectivity index (χ0n) is 9.74. The Morgan fingerprint density at radius 1 is 1.25 bits per heavy atom. The molecule has 0 radical (unpaired) electrons. The van der Waals surface area contributed by atoms with E-state index in [2.05, 4.69) is 0 Å². The molecule has 94 valence electrons. The van der Waals surface area contributed by atoms with Crippen LogP contribution in [0.2, 0.25) is 0 Å². The third-order valence-corrected chi connectivity index (χ3v) is 4.78. The quantitative estimate of drug-likeness (QED) is 0.547. The maximum absolute atomic E-state index is 11.8. The van der Waals surface area contributed by atoms with Crippen LogP contribution in [0.15, 0.2) is 0 Å². The molecular formula is C4H10F3LiN2O4S2. The SMILES string of the molecule is CCN(C)S(=O)(=O)NS(=O)(=O)C(F)(F)F.[H-].[Li+]. The predicted octanol–water partition coefficient (Wildman–Crippen LogP) is -3.26. The Morgan fingerprint density at radius 2 is 1.62 bits per heavy atom. The van der Waals surface area contributed by atoms with Crippen molar-refractivity contribution in [2.24, 2.45) is 0 Å². The molecule has 0 amide bonds. The predicted molar refractivity (Wildman–Crippen MR) is 46.4 cm³/mol. The molecule has 0 heterocycles. The molecule has 0 aliphatic heterocycles. The van der Waals surface area contributed by atoms with Crippen molar-refractivity contribution in [1.82, 2.24) is 8.43 Å². The van der Waals surface area contributed by atoms with Crippen LogP contribution in [0, 0.1) is 0 Å². The summed E-state index contributed by atoms with van der Waals surface area (Å²) in [6.45, 7) is 1.17. The van der Waals surface area contributed by atoms with Crippen LogP contribution in [-0.4, -0.2) is 40.2 Å². The Labute approximate surface area is 105 Å². The first-order valence-corrected chi connectivity index (χ1v) is 6.42. The summed E-state index contributed by atoms with van der Waals surface area (Å²) in [5.74, 6) is 0. The van der Waals surface area contributed by atoms with E-state index >= 15 is 0 Å². The number of hydrogen-bond acceptors (Lipinski definition) is 4. The van der Waals surface area contributed by atoms with E-state index in [1.165, 1.54) is 6.92 Å². The first-order chi connectivity index (χ1) is 6.44. The second kappa shape index (κ2) is 5.70. The summed E-state index contributed by atoms with van der Waals surface area (Å²) < 4.78 is 79.2. The van der Waals surface area contributed by atoms with Crippen molar-refractivity contribution in [3.05, 3.63) is 0 Å². The van der Waals surface area contributed by atoms with Gasteiger partial charge >= 0.3 is 34.4 Å². The van der Waals surface area contributed by atoms with Crippen molar-refractivity contribution in [2.75, 3.05) is 13.6 Å².